The number of nitrogens with zero attached hydrogens (tertiary/aromatic N) is 1. The van der Waals surface area contributed by atoms with Gasteiger partial charge >= 0.3 is 0 Å². The van der Waals surface area contributed by atoms with Gasteiger partial charge in [-0.25, -0.2) is 0 Å². The van der Waals surface area contributed by atoms with Gasteiger partial charge in [0, 0.05) is 38.8 Å². The zero-order chi connectivity index (χ0) is 12.7. The first-order valence-corrected chi connectivity index (χ1v) is 5.71. The van der Waals surface area contributed by atoms with Crippen molar-refractivity contribution in [3.8, 4) is 5.75 Å². The van der Waals surface area contributed by atoms with Crippen molar-refractivity contribution in [1.82, 2.24) is 4.90 Å². The summed E-state index contributed by atoms with van der Waals surface area (Å²) < 4.78 is 5.13. The van der Waals surface area contributed by atoms with E-state index in [1.807, 2.05) is 24.3 Å². The van der Waals surface area contributed by atoms with Crippen LogP contribution in [0, 0.1) is 0 Å². The van der Waals surface area contributed by atoms with Gasteiger partial charge in [0.1, 0.15) is 5.75 Å². The normalized spacial score (nSPS) is 9.82. The molecule has 0 bridgehead atoms. The highest BCUT2D eigenvalue weighted by Gasteiger charge is 2.02. The van der Waals surface area contributed by atoms with Crippen LogP contribution in [0.4, 0.5) is 5.69 Å². The largest absolute Gasteiger partial charge is 0.497 e. The molecule has 0 heterocycles. The van der Waals surface area contributed by atoms with Crippen LogP contribution in [-0.4, -0.2) is 38.6 Å². The first kappa shape index (κ1) is 13.4. The van der Waals surface area contributed by atoms with Gasteiger partial charge in [0.05, 0.1) is 7.11 Å². The Morgan fingerprint density at radius 3 is 2.82 bits per heavy atom. The maximum atomic E-state index is 11.3. The average molecular weight is 236 g/mol. The summed E-state index contributed by atoms with van der Waals surface area (Å²) in [4.78, 5) is 12.9. The predicted octanol–water partition coefficient (Wildman–Crippen LogP) is 1.98. The van der Waals surface area contributed by atoms with Gasteiger partial charge in [0.2, 0.25) is 5.91 Å². The molecule has 0 saturated carbocycles. The van der Waals surface area contributed by atoms with Crippen LogP contribution >= 0.6 is 0 Å². The number of ether oxygens (including phenoxy) is 1. The van der Waals surface area contributed by atoms with Crippen molar-refractivity contribution in [2.45, 2.75) is 12.8 Å². The molecule has 1 N–H and O–H groups in total. The molecule has 1 amide bonds. The molecule has 4 heteroatoms. The monoisotopic (exact) mass is 236 g/mol. The highest BCUT2D eigenvalue weighted by atomic mass is 16.5. The second kappa shape index (κ2) is 6.78. The van der Waals surface area contributed by atoms with Crippen LogP contribution in [0.25, 0.3) is 0 Å². The number of amides is 1. The van der Waals surface area contributed by atoms with Gasteiger partial charge in [0.25, 0.3) is 0 Å². The van der Waals surface area contributed by atoms with E-state index in [1.165, 1.54) is 0 Å². The molecule has 4 nitrogen and oxygen atoms in total. The lowest BCUT2D eigenvalue weighted by molar-refractivity contribution is -0.128. The van der Waals surface area contributed by atoms with Crippen LogP contribution < -0.4 is 10.1 Å². The summed E-state index contributed by atoms with van der Waals surface area (Å²) >= 11 is 0. The van der Waals surface area contributed by atoms with Crippen LogP contribution in [0.3, 0.4) is 0 Å². The molecule has 0 spiro atoms. The van der Waals surface area contributed by atoms with E-state index >= 15 is 0 Å². The molecule has 0 fully saturated rings. The van der Waals surface area contributed by atoms with Gasteiger partial charge in [-0.1, -0.05) is 6.07 Å². The highest BCUT2D eigenvalue weighted by Crippen LogP contribution is 2.16. The molecule has 17 heavy (non-hydrogen) atoms. The lowest BCUT2D eigenvalue weighted by Crippen LogP contribution is -2.22. The third-order valence-electron chi connectivity index (χ3n) is 2.47. The third kappa shape index (κ3) is 4.76. The first-order valence-electron chi connectivity index (χ1n) is 5.71. The fraction of sp³-hybridized carbons (Fsp3) is 0.462. The summed E-state index contributed by atoms with van der Waals surface area (Å²) in [6.45, 7) is 0.784. The fourth-order valence-electron chi connectivity index (χ4n) is 1.43. The van der Waals surface area contributed by atoms with Crippen molar-refractivity contribution in [3.63, 3.8) is 0 Å². The van der Waals surface area contributed by atoms with Crippen molar-refractivity contribution in [2.75, 3.05) is 33.1 Å². The number of benzene rings is 1. The van der Waals surface area contributed by atoms with Crippen molar-refractivity contribution in [1.29, 1.82) is 0 Å². The number of hydrogen-bond donors (Lipinski definition) is 1. The third-order valence-corrected chi connectivity index (χ3v) is 2.47. The maximum absolute atomic E-state index is 11.3. The van der Waals surface area contributed by atoms with E-state index in [4.69, 9.17) is 4.74 Å². The molecule has 0 aliphatic rings. The van der Waals surface area contributed by atoms with Crippen molar-refractivity contribution in [2.24, 2.45) is 0 Å². The molecule has 0 aliphatic carbocycles. The quantitative estimate of drug-likeness (QED) is 0.768. The zero-order valence-corrected chi connectivity index (χ0v) is 10.7. The number of hydrogen-bond acceptors (Lipinski definition) is 3. The topological polar surface area (TPSA) is 41.6 Å². The molecule has 1 aromatic carbocycles. The van der Waals surface area contributed by atoms with E-state index in [-0.39, 0.29) is 5.91 Å². The molecule has 1 rings (SSSR count). The highest BCUT2D eigenvalue weighted by molar-refractivity contribution is 5.75. The van der Waals surface area contributed by atoms with Gasteiger partial charge in [-0.3, -0.25) is 4.79 Å². The Bertz CT molecular complexity index is 364. The summed E-state index contributed by atoms with van der Waals surface area (Å²) in [5, 5.41) is 3.26. The summed E-state index contributed by atoms with van der Waals surface area (Å²) in [5.41, 5.74) is 1.02. The van der Waals surface area contributed by atoms with Crippen LogP contribution in [0.2, 0.25) is 0 Å². The standard InChI is InChI=1S/C13H20N2O2/c1-15(2)13(16)8-5-9-14-11-6-4-7-12(10-11)17-3/h4,6-7,10,14H,5,8-9H2,1-3H3. The number of carbonyl (C=O) groups is 1. The minimum Gasteiger partial charge on any atom is -0.497 e. The SMILES string of the molecule is COc1cccc(NCCCC(=O)N(C)C)c1. The van der Waals surface area contributed by atoms with Crippen LogP contribution in [-0.2, 0) is 4.79 Å². The number of rotatable bonds is 6. The molecular weight excluding hydrogens is 216 g/mol. The van der Waals surface area contributed by atoms with E-state index < -0.39 is 0 Å². The van der Waals surface area contributed by atoms with Gasteiger partial charge < -0.3 is 15.0 Å². The number of carbonyl (C=O) groups excluding carboxylic acids is 1. The van der Waals surface area contributed by atoms with Gasteiger partial charge in [0.15, 0.2) is 0 Å². The molecule has 0 radical (unpaired) electrons. The van der Waals surface area contributed by atoms with Gasteiger partial charge in [-0.2, -0.15) is 0 Å². The first-order chi connectivity index (χ1) is 8.13. The second-order valence-electron chi connectivity index (χ2n) is 4.05. The number of nitrogens with one attached hydrogen (secondary N) is 1. The zero-order valence-electron chi connectivity index (χ0n) is 10.7. The molecule has 0 aliphatic heterocycles. The lowest BCUT2D eigenvalue weighted by atomic mass is 10.2. The Morgan fingerprint density at radius 1 is 1.41 bits per heavy atom. The summed E-state index contributed by atoms with van der Waals surface area (Å²) in [7, 11) is 5.20. The summed E-state index contributed by atoms with van der Waals surface area (Å²) in [6, 6.07) is 7.76. The summed E-state index contributed by atoms with van der Waals surface area (Å²) in [6.07, 6.45) is 1.40. The molecule has 0 saturated heterocycles. The van der Waals surface area contributed by atoms with Crippen LogP contribution in [0.5, 0.6) is 5.75 Å². The Morgan fingerprint density at radius 2 is 2.18 bits per heavy atom. The number of anilines is 1. The van der Waals surface area contributed by atoms with Crippen LogP contribution in [0.1, 0.15) is 12.8 Å². The van der Waals surface area contributed by atoms with E-state index in [2.05, 4.69) is 5.32 Å². The summed E-state index contributed by atoms with van der Waals surface area (Å²) in [5.74, 6) is 0.997. The predicted molar refractivity (Wildman–Crippen MR) is 69.4 cm³/mol. The Kier molecular flexibility index (Phi) is 5.33. The van der Waals surface area contributed by atoms with Crippen molar-refractivity contribution in [3.05, 3.63) is 24.3 Å². The Hall–Kier alpha value is -1.71. The van der Waals surface area contributed by atoms with Crippen LogP contribution in [0.15, 0.2) is 24.3 Å². The minimum atomic E-state index is 0.164. The molecular formula is C13H20N2O2. The van der Waals surface area contributed by atoms with E-state index in [9.17, 15) is 4.79 Å². The fourth-order valence-corrected chi connectivity index (χ4v) is 1.43. The Labute approximate surface area is 103 Å². The average Bonchev–Trinajstić information content (AvgIpc) is 2.34. The molecule has 0 atom stereocenters. The molecule has 1 aromatic rings. The van der Waals surface area contributed by atoms with Crippen molar-refractivity contribution >= 4 is 11.6 Å². The smallest absolute Gasteiger partial charge is 0.222 e. The van der Waals surface area contributed by atoms with E-state index in [0.717, 1.165) is 24.4 Å². The maximum Gasteiger partial charge on any atom is 0.222 e. The minimum absolute atomic E-state index is 0.164. The number of methoxy groups -OCH3 is 1. The second-order valence-corrected chi connectivity index (χ2v) is 4.05. The lowest BCUT2D eigenvalue weighted by Gasteiger charge is -2.11. The molecule has 0 unspecified atom stereocenters. The Balaban J connectivity index is 2.28. The van der Waals surface area contributed by atoms with E-state index in [1.54, 1.807) is 26.1 Å². The molecule has 94 valence electrons. The van der Waals surface area contributed by atoms with Crippen molar-refractivity contribution < 1.29 is 9.53 Å². The van der Waals surface area contributed by atoms with E-state index in [0.29, 0.717) is 6.42 Å². The molecule has 0 aromatic heterocycles. The van der Waals surface area contributed by atoms with Gasteiger partial charge in [-0.05, 0) is 18.6 Å². The van der Waals surface area contributed by atoms with Gasteiger partial charge in [-0.15, -0.1) is 0 Å².